The van der Waals surface area contributed by atoms with Gasteiger partial charge in [-0.25, -0.2) is 4.79 Å². The average Bonchev–Trinajstić information content (AvgIpc) is 2.54. The third-order valence-electron chi connectivity index (χ3n) is 4.09. The first kappa shape index (κ1) is 16.6. The van der Waals surface area contributed by atoms with E-state index < -0.39 is 0 Å². The lowest BCUT2D eigenvalue weighted by molar-refractivity contribution is 0.151. The van der Waals surface area contributed by atoms with Gasteiger partial charge in [0.1, 0.15) is 5.75 Å². The normalized spacial score (nSPS) is 17.1. The Balaban J connectivity index is 1.94. The third kappa shape index (κ3) is 4.37. The van der Waals surface area contributed by atoms with E-state index in [-0.39, 0.29) is 12.1 Å². The Morgan fingerprint density at radius 1 is 1.18 bits per heavy atom. The Hall–Kier alpha value is -1.75. The molecule has 0 saturated carbocycles. The maximum absolute atomic E-state index is 12.4. The van der Waals surface area contributed by atoms with Crippen molar-refractivity contribution >= 4 is 6.03 Å². The summed E-state index contributed by atoms with van der Waals surface area (Å²) in [5.74, 6) is 0.867. The minimum Gasteiger partial charge on any atom is -0.494 e. The highest BCUT2D eigenvalue weighted by Gasteiger charge is 2.21. The largest absolute Gasteiger partial charge is 0.494 e. The molecule has 0 unspecified atom stereocenters. The van der Waals surface area contributed by atoms with Crippen LogP contribution in [0.4, 0.5) is 4.79 Å². The summed E-state index contributed by atoms with van der Waals surface area (Å²) >= 11 is 0. The predicted octanol–water partition coefficient (Wildman–Crippen LogP) is 2.49. The average molecular weight is 305 g/mol. The van der Waals surface area contributed by atoms with Gasteiger partial charge in [0, 0.05) is 26.2 Å². The molecule has 1 aromatic carbocycles. The summed E-state index contributed by atoms with van der Waals surface area (Å²) in [6.45, 7) is 8.19. The van der Waals surface area contributed by atoms with Crippen molar-refractivity contribution < 1.29 is 9.53 Å². The van der Waals surface area contributed by atoms with Gasteiger partial charge in [0.2, 0.25) is 0 Å². The monoisotopic (exact) mass is 305 g/mol. The van der Waals surface area contributed by atoms with Crippen LogP contribution in [0.5, 0.6) is 5.75 Å². The predicted molar refractivity (Wildman–Crippen MR) is 88.2 cm³/mol. The standard InChI is InChI=1S/C17H27N3O2/c1-4-16(14-6-8-15(9-7-14)22-5-2)18-17(21)20-12-10-19(3)11-13-20/h6-9,16H,4-5,10-13H2,1-3H3,(H,18,21)/t16-/m0/s1. The van der Waals surface area contributed by atoms with Gasteiger partial charge < -0.3 is 19.9 Å². The second kappa shape index (κ2) is 8.03. The molecule has 2 amide bonds. The number of amides is 2. The number of benzene rings is 1. The van der Waals surface area contributed by atoms with Gasteiger partial charge >= 0.3 is 6.03 Å². The molecule has 0 aromatic heterocycles. The van der Waals surface area contributed by atoms with E-state index in [4.69, 9.17) is 4.74 Å². The highest BCUT2D eigenvalue weighted by Crippen LogP contribution is 2.20. The highest BCUT2D eigenvalue weighted by molar-refractivity contribution is 5.74. The van der Waals surface area contributed by atoms with Gasteiger partial charge in [-0.1, -0.05) is 19.1 Å². The quantitative estimate of drug-likeness (QED) is 0.909. The summed E-state index contributed by atoms with van der Waals surface area (Å²) in [6, 6.07) is 8.07. The topological polar surface area (TPSA) is 44.8 Å². The Labute approximate surface area is 133 Å². The molecule has 1 saturated heterocycles. The molecule has 122 valence electrons. The molecule has 1 N–H and O–H groups in total. The number of hydrogen-bond acceptors (Lipinski definition) is 3. The Morgan fingerprint density at radius 2 is 1.82 bits per heavy atom. The highest BCUT2D eigenvalue weighted by atomic mass is 16.5. The van der Waals surface area contributed by atoms with E-state index in [0.717, 1.165) is 43.9 Å². The van der Waals surface area contributed by atoms with E-state index in [2.05, 4.69) is 24.2 Å². The van der Waals surface area contributed by atoms with Crippen LogP contribution in [0.15, 0.2) is 24.3 Å². The van der Waals surface area contributed by atoms with E-state index in [1.807, 2.05) is 36.1 Å². The molecule has 0 radical (unpaired) electrons. The lowest BCUT2D eigenvalue weighted by Crippen LogP contribution is -2.51. The molecule has 1 aromatic rings. The zero-order valence-electron chi connectivity index (χ0n) is 13.8. The molecule has 1 fully saturated rings. The fraction of sp³-hybridized carbons (Fsp3) is 0.588. The van der Waals surface area contributed by atoms with Crippen LogP contribution in [-0.4, -0.2) is 55.7 Å². The van der Waals surface area contributed by atoms with Crippen molar-refractivity contribution in [2.75, 3.05) is 39.8 Å². The maximum Gasteiger partial charge on any atom is 0.317 e. The SMILES string of the molecule is CCOc1ccc([C@H](CC)NC(=O)N2CCN(C)CC2)cc1. The molecule has 1 aliphatic heterocycles. The molecular weight excluding hydrogens is 278 g/mol. The number of carbonyl (C=O) groups is 1. The summed E-state index contributed by atoms with van der Waals surface area (Å²) < 4.78 is 5.46. The van der Waals surface area contributed by atoms with Gasteiger partial charge in [-0.2, -0.15) is 0 Å². The van der Waals surface area contributed by atoms with Gasteiger partial charge in [0.15, 0.2) is 0 Å². The van der Waals surface area contributed by atoms with Gasteiger partial charge in [-0.05, 0) is 38.1 Å². The zero-order valence-corrected chi connectivity index (χ0v) is 13.8. The van der Waals surface area contributed by atoms with Crippen LogP contribution in [-0.2, 0) is 0 Å². The Morgan fingerprint density at radius 3 is 2.36 bits per heavy atom. The molecule has 1 heterocycles. The number of likely N-dealkylation sites (N-methyl/N-ethyl adjacent to an activating group) is 1. The van der Waals surface area contributed by atoms with Crippen molar-refractivity contribution in [1.82, 2.24) is 15.1 Å². The van der Waals surface area contributed by atoms with Crippen LogP contribution in [0.2, 0.25) is 0 Å². The maximum atomic E-state index is 12.4. The molecule has 1 aliphatic rings. The summed E-state index contributed by atoms with van der Waals surface area (Å²) in [5, 5.41) is 3.15. The fourth-order valence-electron chi connectivity index (χ4n) is 2.63. The van der Waals surface area contributed by atoms with Crippen LogP contribution in [0, 0.1) is 0 Å². The van der Waals surface area contributed by atoms with Crippen molar-refractivity contribution in [2.24, 2.45) is 0 Å². The van der Waals surface area contributed by atoms with E-state index in [0.29, 0.717) is 6.61 Å². The molecule has 5 heteroatoms. The zero-order chi connectivity index (χ0) is 15.9. The second-order valence-corrected chi connectivity index (χ2v) is 5.70. The Bertz CT molecular complexity index is 467. The first-order valence-electron chi connectivity index (χ1n) is 8.10. The number of ether oxygens (including phenoxy) is 1. The van der Waals surface area contributed by atoms with Crippen molar-refractivity contribution in [3.8, 4) is 5.75 Å². The van der Waals surface area contributed by atoms with Gasteiger partial charge in [-0.3, -0.25) is 0 Å². The molecule has 1 atom stereocenters. The molecule has 5 nitrogen and oxygen atoms in total. The van der Waals surface area contributed by atoms with E-state index >= 15 is 0 Å². The van der Waals surface area contributed by atoms with Crippen LogP contribution in [0.25, 0.3) is 0 Å². The van der Waals surface area contributed by atoms with Crippen molar-refractivity contribution in [3.63, 3.8) is 0 Å². The minimum absolute atomic E-state index is 0.0360. The van der Waals surface area contributed by atoms with Gasteiger partial charge in [0.05, 0.1) is 12.6 Å². The number of nitrogens with zero attached hydrogens (tertiary/aromatic N) is 2. The number of urea groups is 1. The lowest BCUT2D eigenvalue weighted by Gasteiger charge is -2.33. The van der Waals surface area contributed by atoms with E-state index in [1.54, 1.807) is 0 Å². The van der Waals surface area contributed by atoms with Gasteiger partial charge in [-0.15, -0.1) is 0 Å². The minimum atomic E-state index is 0.0360. The lowest BCUT2D eigenvalue weighted by atomic mass is 10.0. The van der Waals surface area contributed by atoms with Crippen LogP contribution < -0.4 is 10.1 Å². The molecule has 2 rings (SSSR count). The number of carbonyl (C=O) groups excluding carboxylic acids is 1. The summed E-state index contributed by atoms with van der Waals surface area (Å²) in [6.07, 6.45) is 0.869. The molecule has 22 heavy (non-hydrogen) atoms. The van der Waals surface area contributed by atoms with Crippen LogP contribution in [0.1, 0.15) is 31.9 Å². The molecular formula is C17H27N3O2. The Kier molecular flexibility index (Phi) is 6.07. The van der Waals surface area contributed by atoms with Crippen molar-refractivity contribution in [3.05, 3.63) is 29.8 Å². The second-order valence-electron chi connectivity index (χ2n) is 5.70. The smallest absolute Gasteiger partial charge is 0.317 e. The fourth-order valence-corrected chi connectivity index (χ4v) is 2.63. The van der Waals surface area contributed by atoms with Crippen molar-refractivity contribution in [2.45, 2.75) is 26.3 Å². The first-order chi connectivity index (χ1) is 10.6. The van der Waals surface area contributed by atoms with Crippen LogP contribution >= 0.6 is 0 Å². The van der Waals surface area contributed by atoms with E-state index in [9.17, 15) is 4.79 Å². The number of hydrogen-bond donors (Lipinski definition) is 1. The third-order valence-corrected chi connectivity index (χ3v) is 4.09. The molecule has 0 aliphatic carbocycles. The van der Waals surface area contributed by atoms with Gasteiger partial charge in [0.25, 0.3) is 0 Å². The number of nitrogens with one attached hydrogen (secondary N) is 1. The number of piperazine rings is 1. The number of rotatable bonds is 5. The molecule has 0 spiro atoms. The first-order valence-corrected chi connectivity index (χ1v) is 8.10. The summed E-state index contributed by atoms with van der Waals surface area (Å²) in [5.41, 5.74) is 1.12. The van der Waals surface area contributed by atoms with Crippen molar-refractivity contribution in [1.29, 1.82) is 0 Å². The van der Waals surface area contributed by atoms with E-state index in [1.165, 1.54) is 0 Å². The summed E-state index contributed by atoms with van der Waals surface area (Å²) in [7, 11) is 2.09. The summed E-state index contributed by atoms with van der Waals surface area (Å²) in [4.78, 5) is 16.5. The molecule has 0 bridgehead atoms. The van der Waals surface area contributed by atoms with Crippen LogP contribution in [0.3, 0.4) is 0 Å².